The van der Waals surface area contributed by atoms with E-state index in [-0.39, 0.29) is 0 Å². The maximum atomic E-state index is 5.57. The second-order valence-electron chi connectivity index (χ2n) is 5.01. The topological polar surface area (TPSA) is 55.4 Å². The van der Waals surface area contributed by atoms with E-state index in [0.29, 0.717) is 34.5 Å². The van der Waals surface area contributed by atoms with E-state index in [1.54, 1.807) is 42.7 Å². The Morgan fingerprint density at radius 3 is 1.04 bits per heavy atom. The molecule has 2 rings (SSSR count). The smallest absolute Gasteiger partial charge is 0.204 e. The van der Waals surface area contributed by atoms with Gasteiger partial charge in [0.25, 0.3) is 0 Å². The first-order valence-corrected chi connectivity index (χ1v) is 9.61. The molecule has 0 aliphatic carbocycles. The third-order valence-corrected chi connectivity index (χ3v) is 5.97. The average Bonchev–Trinajstić information content (AvgIpc) is 2.67. The molecule has 0 bridgehead atoms. The Bertz CT molecular complexity index is 740. The van der Waals surface area contributed by atoms with Gasteiger partial charge in [0.2, 0.25) is 11.5 Å². The largest absolute Gasteiger partial charge is 0.493 e. The molecule has 0 saturated carbocycles. The Morgan fingerprint density at radius 2 is 0.808 bits per heavy atom. The molecule has 0 unspecified atom stereocenters. The van der Waals surface area contributed by atoms with Crippen LogP contribution in [0.15, 0.2) is 12.1 Å². The molecule has 0 saturated heterocycles. The quantitative estimate of drug-likeness (QED) is 0.442. The summed E-state index contributed by atoms with van der Waals surface area (Å²) in [6.07, 6.45) is 0. The molecule has 26 heavy (non-hydrogen) atoms. The van der Waals surface area contributed by atoms with Gasteiger partial charge in [-0.1, -0.05) is 0 Å². The molecule has 2 aromatic carbocycles. The van der Waals surface area contributed by atoms with Gasteiger partial charge in [-0.15, -0.1) is 0 Å². The zero-order valence-electron chi connectivity index (χ0n) is 15.4. The molecule has 0 aliphatic heterocycles. The normalized spacial score (nSPS) is 10.3. The van der Waals surface area contributed by atoms with Crippen molar-refractivity contribution in [2.45, 2.75) is 0 Å². The number of ether oxygens (including phenoxy) is 6. The van der Waals surface area contributed by atoms with Crippen LogP contribution in [0.5, 0.6) is 34.5 Å². The summed E-state index contributed by atoms with van der Waals surface area (Å²) in [5.74, 6) is 3.45. The third-order valence-electron chi connectivity index (χ3n) is 3.83. The lowest BCUT2D eigenvalue weighted by Gasteiger charge is -2.20. The molecule has 0 aromatic heterocycles. The average molecular weight is 586 g/mol. The van der Waals surface area contributed by atoms with Gasteiger partial charge in [-0.2, -0.15) is 0 Å². The first kappa shape index (κ1) is 21.0. The van der Waals surface area contributed by atoms with Crippen LogP contribution in [0.3, 0.4) is 0 Å². The molecule has 0 atom stereocenters. The summed E-state index contributed by atoms with van der Waals surface area (Å²) in [4.78, 5) is 0. The van der Waals surface area contributed by atoms with Crippen LogP contribution < -0.4 is 28.4 Å². The van der Waals surface area contributed by atoms with Gasteiger partial charge in [0.1, 0.15) is 0 Å². The first-order valence-electron chi connectivity index (χ1n) is 7.46. The van der Waals surface area contributed by atoms with Gasteiger partial charge in [0.05, 0.1) is 49.8 Å². The van der Waals surface area contributed by atoms with Crippen LogP contribution in [-0.4, -0.2) is 42.7 Å². The van der Waals surface area contributed by atoms with E-state index in [1.807, 2.05) is 12.1 Å². The molecular formula is C18H20I2O6. The van der Waals surface area contributed by atoms with Crippen LogP contribution in [0.4, 0.5) is 0 Å². The third kappa shape index (κ3) is 3.57. The summed E-state index contributed by atoms with van der Waals surface area (Å²) >= 11 is 4.46. The molecule has 0 spiro atoms. The minimum Gasteiger partial charge on any atom is -0.493 e. The lowest BCUT2D eigenvalue weighted by Crippen LogP contribution is -2.02. The Labute approximate surface area is 180 Å². The number of halogens is 2. The highest BCUT2D eigenvalue weighted by molar-refractivity contribution is 14.1. The fraction of sp³-hybridized carbons (Fsp3) is 0.333. The fourth-order valence-electron chi connectivity index (χ4n) is 2.63. The van der Waals surface area contributed by atoms with Gasteiger partial charge < -0.3 is 28.4 Å². The van der Waals surface area contributed by atoms with E-state index >= 15 is 0 Å². The molecule has 6 nitrogen and oxygen atoms in total. The van der Waals surface area contributed by atoms with Crippen LogP contribution in [0.1, 0.15) is 0 Å². The Balaban J connectivity index is 2.88. The summed E-state index contributed by atoms with van der Waals surface area (Å²) in [6.45, 7) is 0. The second-order valence-corrected chi connectivity index (χ2v) is 7.17. The summed E-state index contributed by atoms with van der Waals surface area (Å²) in [5.41, 5.74) is 1.81. The summed E-state index contributed by atoms with van der Waals surface area (Å²) < 4.78 is 34.8. The van der Waals surface area contributed by atoms with E-state index in [4.69, 9.17) is 28.4 Å². The Morgan fingerprint density at radius 1 is 0.500 bits per heavy atom. The van der Waals surface area contributed by atoms with Crippen LogP contribution in [0.25, 0.3) is 11.1 Å². The van der Waals surface area contributed by atoms with Gasteiger partial charge >= 0.3 is 0 Å². The van der Waals surface area contributed by atoms with Gasteiger partial charge in [0.15, 0.2) is 23.0 Å². The molecule has 0 radical (unpaired) electrons. The highest BCUT2D eigenvalue weighted by atomic mass is 127. The molecule has 2 aromatic rings. The van der Waals surface area contributed by atoms with Crippen LogP contribution in [0, 0.1) is 7.14 Å². The highest BCUT2D eigenvalue weighted by Gasteiger charge is 2.25. The SMILES string of the molecule is COc1cc(-c2cc(OC)c(OC)c(OC)c2I)c(I)c(OC)c1OC. The van der Waals surface area contributed by atoms with E-state index in [0.717, 1.165) is 18.3 Å². The van der Waals surface area contributed by atoms with Gasteiger partial charge in [-0.25, -0.2) is 0 Å². The fourth-order valence-corrected chi connectivity index (χ4v) is 4.46. The number of hydrogen-bond donors (Lipinski definition) is 0. The number of rotatable bonds is 7. The molecule has 0 heterocycles. The van der Waals surface area contributed by atoms with Crippen molar-refractivity contribution in [3.8, 4) is 45.6 Å². The maximum Gasteiger partial charge on any atom is 0.204 e. The van der Waals surface area contributed by atoms with Gasteiger partial charge in [-0.05, 0) is 57.3 Å². The molecule has 8 heteroatoms. The van der Waals surface area contributed by atoms with Crippen molar-refractivity contribution in [1.82, 2.24) is 0 Å². The van der Waals surface area contributed by atoms with E-state index in [1.165, 1.54) is 0 Å². The summed E-state index contributed by atoms with van der Waals surface area (Å²) in [5, 5.41) is 0. The Hall–Kier alpha value is -1.30. The van der Waals surface area contributed by atoms with Crippen molar-refractivity contribution in [2.75, 3.05) is 42.7 Å². The molecular weight excluding hydrogens is 566 g/mol. The van der Waals surface area contributed by atoms with Gasteiger partial charge in [0, 0.05) is 11.1 Å². The van der Waals surface area contributed by atoms with Crippen molar-refractivity contribution < 1.29 is 28.4 Å². The van der Waals surface area contributed by atoms with E-state index < -0.39 is 0 Å². The van der Waals surface area contributed by atoms with Crippen molar-refractivity contribution in [3.05, 3.63) is 19.3 Å². The predicted octanol–water partition coefficient (Wildman–Crippen LogP) is 4.61. The lowest BCUT2D eigenvalue weighted by molar-refractivity contribution is 0.322. The van der Waals surface area contributed by atoms with Crippen LogP contribution >= 0.6 is 45.2 Å². The molecule has 0 fully saturated rings. The van der Waals surface area contributed by atoms with Crippen LogP contribution in [-0.2, 0) is 0 Å². The lowest BCUT2D eigenvalue weighted by atomic mass is 10.0. The minimum atomic E-state index is 0.547. The van der Waals surface area contributed by atoms with Crippen LogP contribution in [0.2, 0.25) is 0 Å². The first-order chi connectivity index (χ1) is 12.5. The Kier molecular flexibility index (Phi) is 7.33. The maximum absolute atomic E-state index is 5.57. The van der Waals surface area contributed by atoms with Gasteiger partial charge in [-0.3, -0.25) is 0 Å². The second kappa shape index (κ2) is 9.07. The van der Waals surface area contributed by atoms with Crippen molar-refractivity contribution in [3.63, 3.8) is 0 Å². The number of hydrogen-bond acceptors (Lipinski definition) is 6. The summed E-state index contributed by atoms with van der Waals surface area (Å²) in [6, 6.07) is 3.82. The van der Waals surface area contributed by atoms with Crippen molar-refractivity contribution in [1.29, 1.82) is 0 Å². The molecule has 0 aliphatic rings. The zero-order chi connectivity index (χ0) is 19.4. The molecule has 142 valence electrons. The molecule has 0 amide bonds. The van der Waals surface area contributed by atoms with E-state index in [2.05, 4.69) is 45.2 Å². The summed E-state index contributed by atoms with van der Waals surface area (Å²) in [7, 11) is 9.55. The zero-order valence-corrected chi connectivity index (χ0v) is 19.7. The number of benzene rings is 2. The predicted molar refractivity (Wildman–Crippen MR) is 117 cm³/mol. The highest BCUT2D eigenvalue weighted by Crippen LogP contribution is 2.50. The molecule has 0 N–H and O–H groups in total. The van der Waals surface area contributed by atoms with E-state index in [9.17, 15) is 0 Å². The monoisotopic (exact) mass is 586 g/mol. The number of methoxy groups -OCH3 is 6. The van der Waals surface area contributed by atoms with Crippen molar-refractivity contribution in [2.24, 2.45) is 0 Å². The van der Waals surface area contributed by atoms with Crippen molar-refractivity contribution >= 4 is 45.2 Å². The standard InChI is InChI=1S/C18H20I2O6/c1-21-11-7-9(13(19)17(25-5)15(11)23-3)10-8-12(22-2)16(24-4)18(26-6)14(10)20/h7-8H,1-6H3. The minimum absolute atomic E-state index is 0.547.